The minimum Gasteiger partial charge on any atom is -0.393 e. The number of carbonyl (C=O) groups excluding carboxylic acids is 2. The molecule has 2 heterocycles. The fourth-order valence-electron chi connectivity index (χ4n) is 2.92. The van der Waals surface area contributed by atoms with Crippen molar-refractivity contribution in [3.05, 3.63) is 16.7 Å². The fourth-order valence-corrected chi connectivity index (χ4v) is 3.55. The maximum Gasteiger partial charge on any atom is 0.337 e. The van der Waals surface area contributed by atoms with Gasteiger partial charge in [0.25, 0.3) is 5.56 Å². The van der Waals surface area contributed by atoms with Crippen molar-refractivity contribution in [2.45, 2.75) is 38.5 Å². The van der Waals surface area contributed by atoms with Gasteiger partial charge in [-0.3, -0.25) is 14.6 Å². The fraction of sp³-hybridized carbons (Fsp3) is 0.533. The van der Waals surface area contributed by atoms with E-state index in [1.165, 1.54) is 19.5 Å². The Morgan fingerprint density at radius 1 is 1.24 bits per heavy atom. The van der Waals surface area contributed by atoms with Gasteiger partial charge in [0.1, 0.15) is 13.1 Å². The van der Waals surface area contributed by atoms with Gasteiger partial charge in [0.05, 0.1) is 18.0 Å². The molecule has 0 aliphatic heterocycles. The van der Waals surface area contributed by atoms with E-state index >= 15 is 0 Å². The smallest absolute Gasteiger partial charge is 0.337 e. The van der Waals surface area contributed by atoms with Gasteiger partial charge in [0.2, 0.25) is 11.9 Å². The Balaban J connectivity index is 2.34. The highest BCUT2D eigenvalue weighted by Crippen LogP contribution is 2.24. The number of amides is 1. The molecule has 0 aliphatic rings. The van der Waals surface area contributed by atoms with Crippen molar-refractivity contribution >= 4 is 106 Å². The van der Waals surface area contributed by atoms with Crippen LogP contribution in [0.4, 0.5) is 5.95 Å². The van der Waals surface area contributed by atoms with Crippen molar-refractivity contribution in [3.63, 3.8) is 0 Å². The number of carbonyl (C=O) groups is 2. The number of nitrogens with one attached hydrogen (secondary N) is 1. The highest BCUT2D eigenvalue weighted by molar-refractivity contribution is 8.00. The van der Waals surface area contributed by atoms with Crippen LogP contribution in [0.1, 0.15) is 20.3 Å². The molecule has 2 aromatic heterocycles. The first-order chi connectivity index (χ1) is 15.4. The zero-order valence-electron chi connectivity index (χ0n) is 17.4. The van der Waals surface area contributed by atoms with Crippen molar-refractivity contribution in [2.24, 2.45) is 0 Å². The second-order valence-corrected chi connectivity index (χ2v) is 10.1. The molecule has 1 amide bonds. The summed E-state index contributed by atoms with van der Waals surface area (Å²) in [5, 5.41) is 0. The zero-order chi connectivity index (χ0) is 24.9. The molecule has 0 fully saturated rings. The molecule has 0 saturated carbocycles. The Morgan fingerprint density at radius 2 is 1.91 bits per heavy atom. The van der Waals surface area contributed by atoms with Gasteiger partial charge in [-0.2, -0.15) is 8.69 Å². The molecular formula is C15H23N7O5S6. The second-order valence-electron chi connectivity index (χ2n) is 7.49. The number of hydrogen-bond acceptors (Lipinski definition) is 15. The van der Waals surface area contributed by atoms with Gasteiger partial charge in [-0.1, -0.05) is 51.3 Å². The van der Waals surface area contributed by atoms with E-state index in [1.54, 1.807) is 13.8 Å². The first-order valence-electron chi connectivity index (χ1n) is 9.13. The van der Waals surface area contributed by atoms with E-state index in [2.05, 4.69) is 96.2 Å². The number of nitrogens with zero attached hydrogens (tertiary/aromatic N) is 6. The molecule has 18 heteroatoms. The predicted octanol–water partition coefficient (Wildman–Crippen LogP) is 1.22. The lowest BCUT2D eigenvalue weighted by molar-refractivity contribution is -0.142. The van der Waals surface area contributed by atoms with Gasteiger partial charge >= 0.3 is 5.97 Å². The Labute approximate surface area is 223 Å². The first-order valence-corrected chi connectivity index (χ1v) is 11.5. The zero-order valence-corrected chi connectivity index (χ0v) is 22.8. The number of rotatable bonds is 11. The third kappa shape index (κ3) is 7.81. The SMILES string of the molecule is CC(C)(CC(CN(CC(=O)OS)C(=O)Cn1cnc2c(=O)[nH]c(N(S)S)nc21)N(S)S)OS. The number of anilines is 1. The van der Waals surface area contributed by atoms with Crippen LogP contribution in [0.5, 0.6) is 0 Å². The Kier molecular flexibility index (Phi) is 10.5. The average molecular weight is 574 g/mol. The summed E-state index contributed by atoms with van der Waals surface area (Å²) in [6.07, 6.45) is 1.67. The van der Waals surface area contributed by atoms with Crippen LogP contribution in [0.25, 0.3) is 11.2 Å². The Morgan fingerprint density at radius 3 is 2.45 bits per heavy atom. The molecule has 0 aromatic carbocycles. The van der Waals surface area contributed by atoms with Crippen LogP contribution in [-0.2, 0) is 24.5 Å². The molecule has 33 heavy (non-hydrogen) atoms. The van der Waals surface area contributed by atoms with Crippen LogP contribution >= 0.6 is 77.1 Å². The van der Waals surface area contributed by atoms with E-state index in [0.29, 0.717) is 6.42 Å². The average Bonchev–Trinajstić information content (AvgIpc) is 3.15. The molecule has 12 nitrogen and oxygen atoms in total. The van der Waals surface area contributed by atoms with Crippen molar-refractivity contribution in [1.29, 1.82) is 0 Å². The molecular weight excluding hydrogens is 551 g/mol. The minimum absolute atomic E-state index is 0.0267. The summed E-state index contributed by atoms with van der Waals surface area (Å²) in [5.74, 6) is -1.18. The predicted molar refractivity (Wildman–Crippen MR) is 143 cm³/mol. The highest BCUT2D eigenvalue weighted by atomic mass is 32.2. The molecule has 0 bridgehead atoms. The van der Waals surface area contributed by atoms with E-state index in [0.717, 1.165) is 3.71 Å². The molecule has 184 valence electrons. The third-order valence-corrected chi connectivity index (χ3v) is 6.19. The van der Waals surface area contributed by atoms with Crippen molar-refractivity contribution in [3.8, 4) is 0 Å². The summed E-state index contributed by atoms with van der Waals surface area (Å²) in [6, 6.07) is -0.440. The first kappa shape index (κ1) is 28.3. The van der Waals surface area contributed by atoms with E-state index in [1.807, 2.05) is 0 Å². The van der Waals surface area contributed by atoms with Crippen LogP contribution in [0, 0.1) is 0 Å². The number of H-pyrrole nitrogens is 1. The van der Waals surface area contributed by atoms with Crippen LogP contribution in [0.2, 0.25) is 0 Å². The van der Waals surface area contributed by atoms with Gasteiger partial charge in [0.15, 0.2) is 11.2 Å². The quantitative estimate of drug-likeness (QED) is 0.157. The maximum atomic E-state index is 13.2. The molecule has 2 aromatic rings. The van der Waals surface area contributed by atoms with Crippen molar-refractivity contribution in [1.82, 2.24) is 28.1 Å². The summed E-state index contributed by atoms with van der Waals surface area (Å²) < 4.78 is 13.3. The van der Waals surface area contributed by atoms with Crippen LogP contribution in [-0.4, -0.2) is 64.7 Å². The topological polar surface area (TPSA) is 126 Å². The number of thiol groups is 6. The Bertz CT molecular complexity index is 1050. The van der Waals surface area contributed by atoms with Gasteiger partial charge in [0, 0.05) is 19.5 Å². The molecule has 1 atom stereocenters. The van der Waals surface area contributed by atoms with Crippen LogP contribution < -0.4 is 9.27 Å². The molecule has 1 unspecified atom stereocenters. The van der Waals surface area contributed by atoms with Gasteiger partial charge in [-0.05, 0) is 33.2 Å². The van der Waals surface area contributed by atoms with E-state index in [-0.39, 0.29) is 36.7 Å². The minimum atomic E-state index is -0.742. The van der Waals surface area contributed by atoms with Crippen molar-refractivity contribution in [2.75, 3.05) is 16.8 Å². The molecule has 0 saturated heterocycles. The van der Waals surface area contributed by atoms with E-state index in [4.69, 9.17) is 4.18 Å². The number of imidazole rings is 1. The lowest BCUT2D eigenvalue weighted by Gasteiger charge is -2.33. The van der Waals surface area contributed by atoms with Gasteiger partial charge < -0.3 is 17.8 Å². The normalized spacial score (nSPS) is 12.8. The van der Waals surface area contributed by atoms with Crippen LogP contribution in [0.3, 0.4) is 0 Å². The third-order valence-electron chi connectivity index (χ3n) is 4.46. The lowest BCUT2D eigenvalue weighted by atomic mass is 9.99. The van der Waals surface area contributed by atoms with Crippen molar-refractivity contribution < 1.29 is 18.0 Å². The second kappa shape index (κ2) is 12.2. The molecule has 2 rings (SSSR count). The summed E-state index contributed by atoms with van der Waals surface area (Å²) >= 11 is 23.9. The standard InChI is InChI=1S/C15H23N7O5S6/c1-15(2,27-33)3-8(21(28)29)4-19(6-10(24)26-32)9(23)5-20-7-16-11-12(20)17-14(22(30)31)18-13(11)25/h7-8,28-33H,3-6H2,1-2H3,(H,17,18,25). The molecule has 0 radical (unpaired) electrons. The summed E-state index contributed by atoms with van der Waals surface area (Å²) in [5.41, 5.74) is -1.04. The Hall–Kier alpha value is -0.890. The molecule has 1 N–H and O–H groups in total. The van der Waals surface area contributed by atoms with Gasteiger partial charge in [-0.25, -0.2) is 13.5 Å². The monoisotopic (exact) mass is 573 g/mol. The maximum absolute atomic E-state index is 13.2. The number of hydrogen-bond donors (Lipinski definition) is 7. The summed E-state index contributed by atoms with van der Waals surface area (Å²) in [4.78, 5) is 49.3. The number of fused-ring (bicyclic) bond motifs is 1. The van der Waals surface area contributed by atoms with Crippen LogP contribution in [0.15, 0.2) is 11.1 Å². The summed E-state index contributed by atoms with van der Waals surface area (Å²) in [7, 11) is 0. The number of aromatic amines is 1. The summed E-state index contributed by atoms with van der Waals surface area (Å²) in [6.45, 7) is 2.99. The van der Waals surface area contributed by atoms with Gasteiger partial charge in [-0.15, -0.1) is 0 Å². The number of aromatic nitrogens is 4. The highest BCUT2D eigenvalue weighted by Gasteiger charge is 2.30. The molecule has 0 aliphatic carbocycles. The van der Waals surface area contributed by atoms with E-state index in [9.17, 15) is 14.4 Å². The largest absolute Gasteiger partial charge is 0.393 e. The van der Waals surface area contributed by atoms with E-state index < -0.39 is 29.1 Å². The lowest BCUT2D eigenvalue weighted by Crippen LogP contribution is -2.46. The molecule has 0 spiro atoms.